The fraction of sp³-hybridized carbons (Fsp3) is 0.667. The molecule has 0 aromatic rings. The van der Waals surface area contributed by atoms with E-state index < -0.39 is 51.2 Å². The number of nitrogens with one attached hydrogen (secondary N) is 1. The van der Waals surface area contributed by atoms with E-state index in [4.69, 9.17) is 89.1 Å². The molecule has 28 nitrogen and oxygen atoms in total. The summed E-state index contributed by atoms with van der Waals surface area (Å²) in [4.78, 5) is 43.3. The number of unbranched alkanes of at least 4 members (excludes halogenated alkanes) is 4. The summed E-state index contributed by atoms with van der Waals surface area (Å²) in [5.74, 6) is 0.325. The van der Waals surface area contributed by atoms with Crippen molar-refractivity contribution in [1.82, 2.24) is 10.5 Å². The van der Waals surface area contributed by atoms with Crippen LogP contribution in [-0.4, -0.2) is 173 Å². The summed E-state index contributed by atoms with van der Waals surface area (Å²) in [6.07, 6.45) is 9.27. The van der Waals surface area contributed by atoms with Crippen molar-refractivity contribution < 1.29 is 58.1 Å². The van der Waals surface area contributed by atoms with Crippen LogP contribution >= 0.6 is 24.5 Å². The molecule has 0 aliphatic heterocycles. The molecule has 0 aliphatic rings. The van der Waals surface area contributed by atoms with E-state index in [1.807, 2.05) is 0 Å². The zero-order chi connectivity index (χ0) is 46.6. The van der Waals surface area contributed by atoms with Crippen molar-refractivity contribution in [3.8, 4) is 0 Å². The second-order valence-electron chi connectivity index (χ2n) is 9.58. The van der Waals surface area contributed by atoms with Crippen molar-refractivity contribution in [2.75, 3.05) is 59.5 Å². The number of aliphatic hydroxyl groups excluding tert-OH is 1. The van der Waals surface area contributed by atoms with Crippen molar-refractivity contribution in [1.29, 1.82) is 0 Å². The number of aliphatic hydroxyl groups is 1. The summed E-state index contributed by atoms with van der Waals surface area (Å²) in [7, 11) is 1.00. The SMILES string of the molecule is C.C.C.C=CC(=O)Cl.C=CC(=O)NCCCCN=C(N)N.CO.NC(N)=NCCCCN(OO)OOS.NCCCCN=C(N)N.NCCCCN=C(N)N.O.O=[S](O)(=[Ba])OO. The first kappa shape index (κ1) is 86.6. The molecule has 0 aromatic heterocycles. The molecule has 62 heavy (non-hydrogen) atoms. The molecule has 0 aliphatic carbocycles. The number of rotatable bonds is 24. The van der Waals surface area contributed by atoms with E-state index in [0.29, 0.717) is 63.9 Å². The number of carbonyl (C=O) groups is 2. The van der Waals surface area contributed by atoms with Crippen LogP contribution in [0.3, 0.4) is 0 Å². The van der Waals surface area contributed by atoms with E-state index in [-0.39, 0.29) is 64.0 Å². The van der Waals surface area contributed by atoms with Crippen LogP contribution in [-0.2, 0) is 30.5 Å². The second kappa shape index (κ2) is 73.0. The molecule has 0 rings (SSSR count). The van der Waals surface area contributed by atoms with Crippen molar-refractivity contribution in [3.63, 3.8) is 0 Å². The Labute approximate surface area is 406 Å². The Balaban J connectivity index is -0.0000000563. The van der Waals surface area contributed by atoms with Gasteiger partial charge in [-0.25, -0.2) is 5.26 Å². The number of hydrogen-bond acceptors (Lipinski definition) is 18. The van der Waals surface area contributed by atoms with Crippen LogP contribution in [0.1, 0.15) is 73.6 Å². The number of nitrogens with two attached hydrogens (primary N) is 10. The molecule has 0 bridgehead atoms. The summed E-state index contributed by atoms with van der Waals surface area (Å²) in [6.45, 7) is 11.2. The Morgan fingerprint density at radius 1 is 0.742 bits per heavy atom. The van der Waals surface area contributed by atoms with Crippen LogP contribution < -0.4 is 62.7 Å². The van der Waals surface area contributed by atoms with Gasteiger partial charge in [0.15, 0.2) is 23.8 Å². The average molecular weight is 1090 g/mol. The Bertz CT molecular complexity index is 1160. The zero-order valence-corrected chi connectivity index (χ0v) is 40.4. The first-order valence-electron chi connectivity index (χ1n) is 16.5. The van der Waals surface area contributed by atoms with Gasteiger partial charge in [-0.3, -0.25) is 29.6 Å². The normalized spacial score (nSPS) is 9.42. The third-order valence-corrected chi connectivity index (χ3v) is 6.15. The molecule has 1 amide bonds. The van der Waals surface area contributed by atoms with E-state index in [1.54, 1.807) is 0 Å². The minimum atomic E-state index is -3.16. The van der Waals surface area contributed by atoms with E-state index >= 15 is 0 Å². The molecule has 32 heteroatoms. The Morgan fingerprint density at radius 2 is 1.05 bits per heavy atom. The number of hydrogen-bond donors (Lipinski definition) is 16. The van der Waals surface area contributed by atoms with Gasteiger partial charge in [0.25, 0.3) is 0 Å². The molecule has 0 saturated carbocycles. The number of nitrogens with zero attached hydrogens (tertiary/aromatic N) is 5. The molecule has 374 valence electrons. The average Bonchev–Trinajstić information content (AvgIpc) is 3.17. The number of thiol groups is 1. The van der Waals surface area contributed by atoms with E-state index in [0.717, 1.165) is 51.7 Å². The number of allylic oxidation sites excluding steroid dienone is 1. The van der Waals surface area contributed by atoms with Gasteiger partial charge >= 0.3 is 64.3 Å². The van der Waals surface area contributed by atoms with Gasteiger partial charge in [0.1, 0.15) is 0 Å². The quantitative estimate of drug-likeness (QED) is 0.00460. The third kappa shape index (κ3) is 124. The number of hydroxylamine groups is 2. The van der Waals surface area contributed by atoms with E-state index in [1.165, 1.54) is 6.08 Å². The van der Waals surface area contributed by atoms with Gasteiger partial charge in [-0.1, -0.05) is 40.4 Å². The summed E-state index contributed by atoms with van der Waals surface area (Å²) in [5, 5.41) is 25.5. The standard InChI is InChI=1S/C8H16N4O.C5H14N4O4S.2C5H14N4.C3H3ClO.CH4O.3CH4.Ba.H2O4S.H2O/c1-2-7(13)11-5-3-4-6-12-8(9)10;6-5(7)8-3-1-2-4-9(11-10)12-13-14;2*6-3-1-2-4-9-5(7)8;1-2-3(4)5;1-2;;;;;1-4-5(2)3;/h2H,1,3-6H2,(H,11,13)(H4,9,10,12);10,14H,1-4H2,(H4,6,7,8);2*1-4,6H2,(H4,7,8,9);2H,1H2;2H,1H3;3*1H4;;1H,(H,2,3);1H2. The zero-order valence-electron chi connectivity index (χ0n) is 33.5. The summed E-state index contributed by atoms with van der Waals surface area (Å²) in [6, 6.07) is 0. The maximum atomic E-state index is 10.7. The first-order chi connectivity index (χ1) is 27.2. The van der Waals surface area contributed by atoms with Gasteiger partial charge in [-0.15, -0.1) is 9.32 Å². The molecular weight excluding hydrogens is 1010 g/mol. The number of carbonyl (C=O) groups excluding carboxylic acids is 2. The van der Waals surface area contributed by atoms with Crippen molar-refractivity contribution >= 4 is 105 Å². The summed E-state index contributed by atoms with van der Waals surface area (Å²) < 4.78 is 21.6. The Kier molecular flexibility index (Phi) is 102. The van der Waals surface area contributed by atoms with Gasteiger partial charge in [-0.2, -0.15) is 0 Å². The Hall–Kier alpha value is -2.42. The number of guanidine groups is 4. The molecule has 0 heterocycles. The molecule has 0 saturated heterocycles. The monoisotopic (exact) mass is 1090 g/mol. The van der Waals surface area contributed by atoms with Gasteiger partial charge in [0.2, 0.25) is 11.1 Å². The second-order valence-corrected chi connectivity index (χ2v) is 18.3. The van der Waals surface area contributed by atoms with Crippen LogP contribution in [0.15, 0.2) is 45.3 Å². The molecule has 0 spiro atoms. The molecule has 0 aromatic carbocycles. The predicted molar refractivity (Wildman–Crippen MR) is 256 cm³/mol. The van der Waals surface area contributed by atoms with Crippen LogP contribution in [0.5, 0.6) is 0 Å². The maximum absolute atomic E-state index is 10.7. The molecule has 0 radical (unpaired) electrons. The number of aliphatic imine (C=N–C) groups is 4. The first-order valence-corrected chi connectivity index (χ1v) is 24.3. The number of halogens is 1. The van der Waals surface area contributed by atoms with Gasteiger partial charge in [0.05, 0.1) is 6.54 Å². The van der Waals surface area contributed by atoms with Crippen LogP contribution in [0.4, 0.5) is 0 Å². The number of amides is 1. The van der Waals surface area contributed by atoms with Crippen molar-refractivity contribution in [3.05, 3.63) is 25.3 Å². The van der Waals surface area contributed by atoms with Gasteiger partial charge in [0, 0.05) is 52.7 Å². The molecule has 0 fully saturated rings. The van der Waals surface area contributed by atoms with Gasteiger partial charge < -0.3 is 73.2 Å². The van der Waals surface area contributed by atoms with Crippen LogP contribution in [0.2, 0.25) is 0 Å². The fourth-order valence-electron chi connectivity index (χ4n) is 2.35. The summed E-state index contributed by atoms with van der Waals surface area (Å²) >= 11 is 7.57. The van der Waals surface area contributed by atoms with Crippen LogP contribution in [0, 0.1) is 0 Å². The molecular formula is C30H81BaClN16O12S2. The molecule has 1 atom stereocenters. The minimum absolute atomic E-state index is 0. The van der Waals surface area contributed by atoms with Crippen molar-refractivity contribution in [2.24, 2.45) is 77.3 Å². The topological polar surface area (TPSA) is 525 Å². The third-order valence-electron chi connectivity index (χ3n) is 4.70. The molecule has 1 unspecified atom stereocenters. The predicted octanol–water partition coefficient (Wildman–Crippen LogP) is -2.34. The van der Waals surface area contributed by atoms with E-state index in [2.05, 4.69) is 70.0 Å². The van der Waals surface area contributed by atoms with E-state index in [9.17, 15) is 13.8 Å². The van der Waals surface area contributed by atoms with Crippen molar-refractivity contribution in [2.45, 2.75) is 73.6 Å². The fourth-order valence-corrected chi connectivity index (χ4v) is 2.42. The van der Waals surface area contributed by atoms with Gasteiger partial charge in [-0.05, 0) is 93.4 Å². The Morgan fingerprint density at radius 3 is 1.27 bits per heavy atom. The molecule has 27 N–H and O–H groups in total. The van der Waals surface area contributed by atoms with Crippen LogP contribution in [0.25, 0.3) is 0 Å². The summed E-state index contributed by atoms with van der Waals surface area (Å²) in [5.41, 5.74) is 51.2.